The van der Waals surface area contributed by atoms with Crippen LogP contribution in [0.4, 0.5) is 0 Å². The van der Waals surface area contributed by atoms with Crippen molar-refractivity contribution in [2.24, 2.45) is 0 Å². The Labute approximate surface area is 141 Å². The first-order chi connectivity index (χ1) is 9.77. The fourth-order valence-electron chi connectivity index (χ4n) is 2.64. The third-order valence-electron chi connectivity index (χ3n) is 3.99. The standard InChI is InChI=1S/C18H36BrCl/c1-18(19)16-14-12-10-8-6-4-2-3-5-7-9-11-13-15-17-20/h18H,2-17H2,1H3. The van der Waals surface area contributed by atoms with E-state index >= 15 is 0 Å². The van der Waals surface area contributed by atoms with Gasteiger partial charge in [0.25, 0.3) is 0 Å². The largest absolute Gasteiger partial charge is 0.127 e. The molecule has 0 amide bonds. The van der Waals surface area contributed by atoms with Crippen LogP contribution in [0.3, 0.4) is 0 Å². The van der Waals surface area contributed by atoms with E-state index < -0.39 is 0 Å². The number of hydrogen-bond donors (Lipinski definition) is 0. The molecule has 20 heavy (non-hydrogen) atoms. The van der Waals surface area contributed by atoms with Gasteiger partial charge in [-0.3, -0.25) is 0 Å². The second kappa shape index (κ2) is 17.8. The maximum absolute atomic E-state index is 5.66. The van der Waals surface area contributed by atoms with E-state index in [0.717, 1.165) is 5.88 Å². The van der Waals surface area contributed by atoms with Crippen molar-refractivity contribution in [2.75, 3.05) is 5.88 Å². The molecule has 0 saturated heterocycles. The van der Waals surface area contributed by atoms with Gasteiger partial charge in [0.2, 0.25) is 0 Å². The summed E-state index contributed by atoms with van der Waals surface area (Å²) >= 11 is 9.27. The number of halogens is 2. The van der Waals surface area contributed by atoms with Crippen molar-refractivity contribution in [3.8, 4) is 0 Å². The molecule has 1 unspecified atom stereocenters. The summed E-state index contributed by atoms with van der Waals surface area (Å²) in [5.74, 6) is 0.842. The van der Waals surface area contributed by atoms with Crippen LogP contribution in [0.1, 0.15) is 103 Å². The fraction of sp³-hybridized carbons (Fsp3) is 1.00. The van der Waals surface area contributed by atoms with Gasteiger partial charge in [0.15, 0.2) is 0 Å². The summed E-state index contributed by atoms with van der Waals surface area (Å²) in [7, 11) is 0. The Morgan fingerprint density at radius 3 is 1.20 bits per heavy atom. The van der Waals surface area contributed by atoms with Gasteiger partial charge >= 0.3 is 0 Å². The van der Waals surface area contributed by atoms with E-state index in [4.69, 9.17) is 11.6 Å². The number of alkyl halides is 2. The van der Waals surface area contributed by atoms with E-state index in [0.29, 0.717) is 4.83 Å². The highest BCUT2D eigenvalue weighted by Crippen LogP contribution is 2.14. The molecule has 0 rings (SSSR count). The molecule has 0 heterocycles. The van der Waals surface area contributed by atoms with Gasteiger partial charge in [0.05, 0.1) is 0 Å². The lowest BCUT2D eigenvalue weighted by Gasteiger charge is -2.04. The molecular formula is C18H36BrCl. The summed E-state index contributed by atoms with van der Waals surface area (Å²) in [4.78, 5) is 0.706. The van der Waals surface area contributed by atoms with Crippen molar-refractivity contribution < 1.29 is 0 Å². The molecule has 0 aromatic heterocycles. The minimum absolute atomic E-state index is 0.706. The zero-order valence-electron chi connectivity index (χ0n) is 13.6. The molecule has 2 heteroatoms. The van der Waals surface area contributed by atoms with Crippen LogP contribution in [0.25, 0.3) is 0 Å². The highest BCUT2D eigenvalue weighted by atomic mass is 79.9. The van der Waals surface area contributed by atoms with Crippen molar-refractivity contribution in [3.05, 3.63) is 0 Å². The van der Waals surface area contributed by atoms with E-state index in [2.05, 4.69) is 22.9 Å². The first-order valence-corrected chi connectivity index (χ1v) is 10.4. The lowest BCUT2D eigenvalue weighted by molar-refractivity contribution is 0.532. The monoisotopic (exact) mass is 366 g/mol. The zero-order valence-corrected chi connectivity index (χ0v) is 16.0. The fourth-order valence-corrected chi connectivity index (χ4v) is 3.15. The van der Waals surface area contributed by atoms with Crippen molar-refractivity contribution in [2.45, 2.75) is 108 Å². The molecular weight excluding hydrogens is 332 g/mol. The quantitative estimate of drug-likeness (QED) is 0.192. The van der Waals surface area contributed by atoms with Gasteiger partial charge in [-0.1, -0.05) is 106 Å². The van der Waals surface area contributed by atoms with E-state index in [1.54, 1.807) is 0 Å². The Hall–Kier alpha value is 0.770. The molecule has 0 fully saturated rings. The number of hydrogen-bond acceptors (Lipinski definition) is 0. The molecule has 0 nitrogen and oxygen atoms in total. The Bertz CT molecular complexity index is 171. The summed E-state index contributed by atoms with van der Waals surface area (Å²) < 4.78 is 0. The van der Waals surface area contributed by atoms with Gasteiger partial charge in [0.1, 0.15) is 0 Å². The predicted molar refractivity (Wildman–Crippen MR) is 98.4 cm³/mol. The summed E-state index contributed by atoms with van der Waals surface area (Å²) in [6.07, 6.45) is 21.1. The second-order valence-electron chi connectivity index (χ2n) is 6.21. The van der Waals surface area contributed by atoms with Crippen LogP contribution in [-0.4, -0.2) is 10.7 Å². The molecule has 0 aliphatic carbocycles. The molecule has 0 aliphatic heterocycles. The molecule has 1 atom stereocenters. The summed E-state index contributed by atoms with van der Waals surface area (Å²) in [5.41, 5.74) is 0. The zero-order chi connectivity index (χ0) is 14.9. The van der Waals surface area contributed by atoms with Crippen molar-refractivity contribution in [3.63, 3.8) is 0 Å². The van der Waals surface area contributed by atoms with Crippen LogP contribution in [0, 0.1) is 0 Å². The van der Waals surface area contributed by atoms with Gasteiger partial charge in [-0.2, -0.15) is 0 Å². The Morgan fingerprint density at radius 1 is 0.600 bits per heavy atom. The first-order valence-electron chi connectivity index (χ1n) is 8.97. The van der Waals surface area contributed by atoms with Crippen molar-refractivity contribution in [1.82, 2.24) is 0 Å². The lowest BCUT2D eigenvalue weighted by Crippen LogP contribution is -1.89. The maximum atomic E-state index is 5.66. The van der Waals surface area contributed by atoms with Gasteiger partial charge in [0, 0.05) is 10.7 Å². The third-order valence-corrected chi connectivity index (χ3v) is 4.71. The number of rotatable bonds is 16. The van der Waals surface area contributed by atoms with Crippen molar-refractivity contribution in [1.29, 1.82) is 0 Å². The van der Waals surface area contributed by atoms with Crippen molar-refractivity contribution >= 4 is 27.5 Å². The molecule has 0 aromatic rings. The topological polar surface area (TPSA) is 0 Å². The predicted octanol–water partition coefficient (Wildman–Crippen LogP) is 7.86. The normalized spacial score (nSPS) is 12.8. The molecule has 0 bridgehead atoms. The van der Waals surface area contributed by atoms with Crippen LogP contribution in [0.2, 0.25) is 0 Å². The Balaban J connectivity index is 2.92. The van der Waals surface area contributed by atoms with E-state index in [9.17, 15) is 0 Å². The highest BCUT2D eigenvalue weighted by Gasteiger charge is 1.96. The molecule has 0 radical (unpaired) electrons. The molecule has 0 N–H and O–H groups in total. The highest BCUT2D eigenvalue weighted by molar-refractivity contribution is 9.09. The first kappa shape index (κ1) is 20.8. The van der Waals surface area contributed by atoms with Gasteiger partial charge in [-0.25, -0.2) is 0 Å². The van der Waals surface area contributed by atoms with Gasteiger partial charge < -0.3 is 0 Å². The van der Waals surface area contributed by atoms with Crippen LogP contribution in [0.15, 0.2) is 0 Å². The van der Waals surface area contributed by atoms with Gasteiger partial charge in [-0.05, 0) is 12.8 Å². The third kappa shape index (κ3) is 18.8. The van der Waals surface area contributed by atoms with Crippen LogP contribution >= 0.6 is 27.5 Å². The average molecular weight is 368 g/mol. The molecule has 0 spiro atoms. The van der Waals surface area contributed by atoms with E-state index in [-0.39, 0.29) is 0 Å². The summed E-state index contributed by atoms with van der Waals surface area (Å²) in [6, 6.07) is 0. The molecule has 0 aliphatic rings. The SMILES string of the molecule is CC(Br)CCCCCCCCCCCCCCCCCl. The van der Waals surface area contributed by atoms with Gasteiger partial charge in [-0.15, -0.1) is 11.6 Å². The lowest BCUT2D eigenvalue weighted by atomic mass is 10.0. The minimum Gasteiger partial charge on any atom is -0.127 e. The summed E-state index contributed by atoms with van der Waals surface area (Å²) in [5, 5.41) is 0. The number of unbranched alkanes of at least 4 members (excludes halogenated alkanes) is 13. The summed E-state index contributed by atoms with van der Waals surface area (Å²) in [6.45, 7) is 2.25. The maximum Gasteiger partial charge on any atom is 0.0223 e. The minimum atomic E-state index is 0.706. The van der Waals surface area contributed by atoms with Crippen LogP contribution in [0.5, 0.6) is 0 Å². The molecule has 122 valence electrons. The van der Waals surface area contributed by atoms with Crippen LogP contribution in [-0.2, 0) is 0 Å². The smallest absolute Gasteiger partial charge is 0.0223 e. The second-order valence-corrected chi connectivity index (χ2v) is 8.15. The average Bonchev–Trinajstić information content (AvgIpc) is 2.43. The molecule has 0 aromatic carbocycles. The van der Waals surface area contributed by atoms with E-state index in [1.165, 1.54) is 96.3 Å². The van der Waals surface area contributed by atoms with Crippen LogP contribution < -0.4 is 0 Å². The Morgan fingerprint density at radius 2 is 0.900 bits per heavy atom. The van der Waals surface area contributed by atoms with E-state index in [1.807, 2.05) is 0 Å². The Kier molecular flexibility index (Phi) is 18.5. The molecule has 0 saturated carbocycles.